The molecule has 0 bridgehead atoms. The maximum absolute atomic E-state index is 13.8. The van der Waals surface area contributed by atoms with Gasteiger partial charge in [0.05, 0.1) is 0 Å². The molecule has 0 aromatic heterocycles. The van der Waals surface area contributed by atoms with Gasteiger partial charge in [-0.1, -0.05) is 38.1 Å². The van der Waals surface area contributed by atoms with Crippen LogP contribution in [0.4, 0.5) is 8.78 Å². The van der Waals surface area contributed by atoms with Crippen molar-refractivity contribution in [1.29, 1.82) is 0 Å². The van der Waals surface area contributed by atoms with E-state index in [1.54, 1.807) is 24.3 Å². The van der Waals surface area contributed by atoms with Crippen LogP contribution in [0.2, 0.25) is 0 Å². The van der Waals surface area contributed by atoms with E-state index in [9.17, 15) is 8.78 Å². The van der Waals surface area contributed by atoms with Crippen molar-refractivity contribution in [2.75, 3.05) is 0 Å². The zero-order valence-corrected chi connectivity index (χ0v) is 11.1. The number of hydrogen-bond donors (Lipinski definition) is 1. The largest absolute Gasteiger partial charge is 0.310 e. The van der Waals surface area contributed by atoms with Crippen molar-refractivity contribution in [3.05, 3.63) is 59.7 Å². The molecule has 0 atom stereocenters. The summed E-state index contributed by atoms with van der Waals surface area (Å²) in [7, 11) is 0. The Morgan fingerprint density at radius 2 is 1.74 bits per heavy atom. The van der Waals surface area contributed by atoms with Crippen molar-refractivity contribution in [3.8, 4) is 11.1 Å². The van der Waals surface area contributed by atoms with Gasteiger partial charge >= 0.3 is 0 Å². The van der Waals surface area contributed by atoms with Gasteiger partial charge in [-0.2, -0.15) is 0 Å². The van der Waals surface area contributed by atoms with Crippen LogP contribution in [0, 0.1) is 11.6 Å². The first-order chi connectivity index (χ1) is 9.08. The number of nitrogens with one attached hydrogen (secondary N) is 1. The molecule has 0 spiro atoms. The van der Waals surface area contributed by atoms with Crippen LogP contribution < -0.4 is 5.32 Å². The van der Waals surface area contributed by atoms with Crippen LogP contribution in [0.15, 0.2) is 42.5 Å². The SMILES string of the molecule is CC(C)NCc1ccc(F)cc1-c1ccccc1F. The Hall–Kier alpha value is -1.74. The third kappa shape index (κ3) is 3.38. The van der Waals surface area contributed by atoms with E-state index in [1.165, 1.54) is 18.2 Å². The van der Waals surface area contributed by atoms with Crippen molar-refractivity contribution in [1.82, 2.24) is 5.32 Å². The molecule has 1 N–H and O–H groups in total. The molecule has 2 rings (SSSR count). The first-order valence-electron chi connectivity index (χ1n) is 6.34. The van der Waals surface area contributed by atoms with Gasteiger partial charge in [-0.25, -0.2) is 8.78 Å². The minimum atomic E-state index is -0.355. The Labute approximate surface area is 112 Å². The number of halogens is 2. The molecule has 1 nitrogen and oxygen atoms in total. The lowest BCUT2D eigenvalue weighted by Gasteiger charge is -2.13. The Morgan fingerprint density at radius 3 is 2.42 bits per heavy atom. The van der Waals surface area contributed by atoms with Crippen molar-refractivity contribution >= 4 is 0 Å². The first kappa shape index (κ1) is 13.7. The van der Waals surface area contributed by atoms with Gasteiger partial charge in [-0.05, 0) is 29.3 Å². The zero-order valence-electron chi connectivity index (χ0n) is 11.1. The molecule has 0 aliphatic rings. The normalized spacial score (nSPS) is 11.0. The van der Waals surface area contributed by atoms with Crippen molar-refractivity contribution in [2.24, 2.45) is 0 Å². The predicted molar refractivity (Wildman–Crippen MR) is 73.8 cm³/mol. The summed E-state index contributed by atoms with van der Waals surface area (Å²) >= 11 is 0. The number of hydrogen-bond acceptors (Lipinski definition) is 1. The maximum atomic E-state index is 13.8. The van der Waals surface area contributed by atoms with Gasteiger partial charge < -0.3 is 5.32 Å². The fourth-order valence-corrected chi connectivity index (χ4v) is 1.95. The quantitative estimate of drug-likeness (QED) is 0.872. The highest BCUT2D eigenvalue weighted by Crippen LogP contribution is 2.27. The molecule has 0 unspecified atom stereocenters. The molecule has 19 heavy (non-hydrogen) atoms. The lowest BCUT2D eigenvalue weighted by atomic mass is 9.99. The Balaban J connectivity index is 2.43. The third-order valence-electron chi connectivity index (χ3n) is 2.94. The molecular weight excluding hydrogens is 244 g/mol. The van der Waals surface area contributed by atoms with Crippen LogP contribution in [0.25, 0.3) is 11.1 Å². The summed E-state index contributed by atoms with van der Waals surface area (Å²) in [5.41, 5.74) is 1.93. The molecule has 0 aliphatic carbocycles. The van der Waals surface area contributed by atoms with E-state index in [-0.39, 0.29) is 11.6 Å². The second-order valence-electron chi connectivity index (χ2n) is 4.82. The highest BCUT2D eigenvalue weighted by Gasteiger charge is 2.10. The minimum absolute atomic E-state index is 0.318. The summed E-state index contributed by atoms with van der Waals surface area (Å²) < 4.78 is 27.3. The van der Waals surface area contributed by atoms with Crippen LogP contribution >= 0.6 is 0 Å². The van der Waals surface area contributed by atoms with Gasteiger partial charge in [-0.15, -0.1) is 0 Å². The lowest BCUT2D eigenvalue weighted by Crippen LogP contribution is -2.22. The van der Waals surface area contributed by atoms with E-state index in [4.69, 9.17) is 0 Å². The first-order valence-corrected chi connectivity index (χ1v) is 6.34. The van der Waals surface area contributed by atoms with Gasteiger partial charge in [0.25, 0.3) is 0 Å². The number of benzene rings is 2. The van der Waals surface area contributed by atoms with Crippen LogP contribution in [-0.4, -0.2) is 6.04 Å². The van der Waals surface area contributed by atoms with E-state index >= 15 is 0 Å². The zero-order chi connectivity index (χ0) is 13.8. The molecule has 0 heterocycles. The summed E-state index contributed by atoms with van der Waals surface area (Å²) in [6.45, 7) is 4.65. The highest BCUT2D eigenvalue weighted by atomic mass is 19.1. The van der Waals surface area contributed by atoms with E-state index in [0.717, 1.165) is 5.56 Å². The lowest BCUT2D eigenvalue weighted by molar-refractivity contribution is 0.586. The standard InChI is InChI=1S/C16H17F2N/c1-11(2)19-10-12-7-8-13(17)9-15(12)14-5-3-4-6-16(14)18/h3-9,11,19H,10H2,1-2H3. The fourth-order valence-electron chi connectivity index (χ4n) is 1.95. The summed E-state index contributed by atoms with van der Waals surface area (Å²) in [4.78, 5) is 0. The third-order valence-corrected chi connectivity index (χ3v) is 2.94. The molecule has 0 radical (unpaired) electrons. The molecular formula is C16H17F2N. The van der Waals surface area contributed by atoms with Gasteiger partial charge in [0.15, 0.2) is 0 Å². The molecule has 100 valence electrons. The summed E-state index contributed by atoms with van der Waals surface area (Å²) in [6.07, 6.45) is 0. The van der Waals surface area contributed by atoms with Crippen molar-refractivity contribution < 1.29 is 8.78 Å². The second-order valence-corrected chi connectivity index (χ2v) is 4.82. The van der Waals surface area contributed by atoms with Crippen LogP contribution in [0.5, 0.6) is 0 Å². The molecule has 0 amide bonds. The van der Waals surface area contributed by atoms with E-state index in [2.05, 4.69) is 5.32 Å². The van der Waals surface area contributed by atoms with Crippen LogP contribution in [0.3, 0.4) is 0 Å². The molecule has 2 aromatic carbocycles. The Morgan fingerprint density at radius 1 is 1.00 bits per heavy atom. The average molecular weight is 261 g/mol. The smallest absolute Gasteiger partial charge is 0.131 e. The molecule has 2 aromatic rings. The Bertz CT molecular complexity index is 564. The van der Waals surface area contributed by atoms with E-state index in [0.29, 0.717) is 23.7 Å². The average Bonchev–Trinajstić information content (AvgIpc) is 2.37. The molecule has 0 saturated carbocycles. The van der Waals surface area contributed by atoms with E-state index < -0.39 is 0 Å². The maximum Gasteiger partial charge on any atom is 0.131 e. The van der Waals surface area contributed by atoms with Crippen molar-refractivity contribution in [3.63, 3.8) is 0 Å². The molecule has 0 aliphatic heterocycles. The fraction of sp³-hybridized carbons (Fsp3) is 0.250. The van der Waals surface area contributed by atoms with Gasteiger partial charge in [0.2, 0.25) is 0 Å². The van der Waals surface area contributed by atoms with Gasteiger partial charge in [0, 0.05) is 18.2 Å². The topological polar surface area (TPSA) is 12.0 Å². The monoisotopic (exact) mass is 261 g/mol. The number of rotatable bonds is 4. The van der Waals surface area contributed by atoms with Gasteiger partial charge in [-0.3, -0.25) is 0 Å². The highest BCUT2D eigenvalue weighted by molar-refractivity contribution is 5.68. The summed E-state index contributed by atoms with van der Waals surface area (Å²) in [5, 5.41) is 3.27. The Kier molecular flexibility index (Phi) is 4.27. The van der Waals surface area contributed by atoms with Crippen LogP contribution in [0.1, 0.15) is 19.4 Å². The van der Waals surface area contributed by atoms with Crippen LogP contribution in [-0.2, 0) is 6.54 Å². The predicted octanol–water partition coefficient (Wildman–Crippen LogP) is 4.13. The van der Waals surface area contributed by atoms with E-state index in [1.807, 2.05) is 13.8 Å². The molecule has 0 fully saturated rings. The minimum Gasteiger partial charge on any atom is -0.310 e. The molecule has 3 heteroatoms. The van der Waals surface area contributed by atoms with Gasteiger partial charge in [0.1, 0.15) is 11.6 Å². The summed E-state index contributed by atoms with van der Waals surface area (Å²) in [5.74, 6) is -0.689. The summed E-state index contributed by atoms with van der Waals surface area (Å²) in [6, 6.07) is 11.2. The molecule has 0 saturated heterocycles. The van der Waals surface area contributed by atoms with Crippen molar-refractivity contribution in [2.45, 2.75) is 26.4 Å². The second kappa shape index (κ2) is 5.93.